The van der Waals surface area contributed by atoms with Gasteiger partial charge in [-0.1, -0.05) is 40.2 Å². The number of carbonyl (C=O) groups is 3. The highest BCUT2D eigenvalue weighted by Gasteiger charge is 2.18. The predicted octanol–water partition coefficient (Wildman–Crippen LogP) is 6.89. The Morgan fingerprint density at radius 2 is 1.55 bits per heavy atom. The maximum atomic E-state index is 13.4. The molecular formula is C31H25BrN4O5S. The molecule has 4 rings (SSSR count). The van der Waals surface area contributed by atoms with Gasteiger partial charge in [0.25, 0.3) is 17.5 Å². The molecule has 0 spiro atoms. The van der Waals surface area contributed by atoms with Crippen molar-refractivity contribution in [2.75, 3.05) is 10.6 Å². The van der Waals surface area contributed by atoms with Crippen molar-refractivity contribution in [3.8, 4) is 0 Å². The molecule has 0 saturated heterocycles. The molecule has 4 aromatic rings. The van der Waals surface area contributed by atoms with Crippen LogP contribution in [0.15, 0.2) is 118 Å². The van der Waals surface area contributed by atoms with Crippen LogP contribution in [0.25, 0.3) is 6.08 Å². The van der Waals surface area contributed by atoms with Gasteiger partial charge in [0.2, 0.25) is 5.91 Å². The standard InChI is InChI=1S/C31H25BrN4O5S/c1-20(29(37)33-24-14-12-23(32)13-15-24)42-27-9-5-8-25(19-27)34-31(39)28(35-30(38)22-6-3-2-4-7-22)18-21-10-16-26(17-11-21)36(40)41/h2-20H,1H3,(H,33,37)(H,34,39)(H,35,38)/b28-18+. The molecule has 0 heterocycles. The monoisotopic (exact) mass is 644 g/mol. The van der Waals surface area contributed by atoms with Gasteiger partial charge in [-0.25, -0.2) is 0 Å². The molecular weight excluding hydrogens is 620 g/mol. The molecule has 1 unspecified atom stereocenters. The van der Waals surface area contributed by atoms with Crippen LogP contribution < -0.4 is 16.0 Å². The van der Waals surface area contributed by atoms with Gasteiger partial charge in [-0.3, -0.25) is 24.5 Å². The molecule has 4 aromatic carbocycles. The fraction of sp³-hybridized carbons (Fsp3) is 0.0645. The second-order valence-electron chi connectivity index (χ2n) is 8.96. The molecule has 0 aliphatic carbocycles. The summed E-state index contributed by atoms with van der Waals surface area (Å²) in [4.78, 5) is 50.2. The molecule has 0 aromatic heterocycles. The zero-order chi connectivity index (χ0) is 30.1. The number of anilines is 2. The fourth-order valence-electron chi connectivity index (χ4n) is 3.68. The van der Waals surface area contributed by atoms with E-state index in [0.29, 0.717) is 22.5 Å². The first-order valence-corrected chi connectivity index (χ1v) is 14.3. The number of carbonyl (C=O) groups excluding carboxylic acids is 3. The van der Waals surface area contributed by atoms with E-state index < -0.39 is 22.0 Å². The topological polar surface area (TPSA) is 130 Å². The van der Waals surface area contributed by atoms with Crippen LogP contribution in [0.5, 0.6) is 0 Å². The van der Waals surface area contributed by atoms with Gasteiger partial charge in [0, 0.05) is 38.4 Å². The lowest BCUT2D eigenvalue weighted by molar-refractivity contribution is -0.384. The minimum absolute atomic E-state index is 0.0574. The number of benzene rings is 4. The van der Waals surface area contributed by atoms with E-state index in [1.165, 1.54) is 42.1 Å². The average molecular weight is 646 g/mol. The minimum atomic E-state index is -0.596. The summed E-state index contributed by atoms with van der Waals surface area (Å²) in [6.45, 7) is 1.79. The van der Waals surface area contributed by atoms with E-state index in [2.05, 4.69) is 31.9 Å². The molecule has 1 atom stereocenters. The Kier molecular flexibility index (Phi) is 10.2. The van der Waals surface area contributed by atoms with Crippen molar-refractivity contribution in [1.29, 1.82) is 0 Å². The van der Waals surface area contributed by atoms with Crippen LogP contribution >= 0.6 is 27.7 Å². The fourth-order valence-corrected chi connectivity index (χ4v) is 4.87. The minimum Gasteiger partial charge on any atom is -0.325 e. The number of thioether (sulfide) groups is 1. The highest BCUT2D eigenvalue weighted by atomic mass is 79.9. The summed E-state index contributed by atoms with van der Waals surface area (Å²) >= 11 is 4.70. The summed E-state index contributed by atoms with van der Waals surface area (Å²) in [7, 11) is 0. The smallest absolute Gasteiger partial charge is 0.272 e. The van der Waals surface area contributed by atoms with Crippen molar-refractivity contribution >= 4 is 68.6 Å². The molecule has 0 aliphatic heterocycles. The second kappa shape index (κ2) is 14.2. The van der Waals surface area contributed by atoms with Gasteiger partial charge in [0.1, 0.15) is 5.70 Å². The van der Waals surface area contributed by atoms with E-state index in [1.54, 1.807) is 67.6 Å². The molecule has 9 nitrogen and oxygen atoms in total. The molecule has 0 aliphatic rings. The molecule has 0 saturated carbocycles. The summed E-state index contributed by atoms with van der Waals surface area (Å²) < 4.78 is 0.909. The van der Waals surface area contributed by atoms with Gasteiger partial charge in [-0.2, -0.15) is 0 Å². The summed E-state index contributed by atoms with van der Waals surface area (Å²) in [6, 6.07) is 28.3. The van der Waals surface area contributed by atoms with Crippen LogP contribution in [0.1, 0.15) is 22.8 Å². The van der Waals surface area contributed by atoms with Crippen molar-refractivity contribution < 1.29 is 19.3 Å². The molecule has 3 amide bonds. The second-order valence-corrected chi connectivity index (χ2v) is 11.3. The lowest BCUT2D eigenvalue weighted by Crippen LogP contribution is -2.30. The third-order valence-corrected chi connectivity index (χ3v) is 7.45. The van der Waals surface area contributed by atoms with Crippen molar-refractivity contribution in [3.63, 3.8) is 0 Å². The number of halogens is 1. The van der Waals surface area contributed by atoms with E-state index in [0.717, 1.165) is 9.37 Å². The van der Waals surface area contributed by atoms with Crippen LogP contribution in [0.2, 0.25) is 0 Å². The number of nitro benzene ring substituents is 1. The summed E-state index contributed by atoms with van der Waals surface area (Å²) in [6.07, 6.45) is 1.44. The Morgan fingerprint density at radius 1 is 0.857 bits per heavy atom. The number of nitro groups is 1. The predicted molar refractivity (Wildman–Crippen MR) is 168 cm³/mol. The van der Waals surface area contributed by atoms with Crippen molar-refractivity contribution in [2.45, 2.75) is 17.1 Å². The van der Waals surface area contributed by atoms with Gasteiger partial charge in [0.05, 0.1) is 10.2 Å². The highest BCUT2D eigenvalue weighted by Crippen LogP contribution is 2.27. The molecule has 212 valence electrons. The van der Waals surface area contributed by atoms with Gasteiger partial charge in [-0.05, 0) is 85.3 Å². The quantitative estimate of drug-likeness (QED) is 0.0746. The van der Waals surface area contributed by atoms with Gasteiger partial charge in [0.15, 0.2) is 0 Å². The first-order chi connectivity index (χ1) is 20.2. The number of rotatable bonds is 10. The largest absolute Gasteiger partial charge is 0.325 e. The van der Waals surface area contributed by atoms with Gasteiger partial charge < -0.3 is 16.0 Å². The Morgan fingerprint density at radius 3 is 2.21 bits per heavy atom. The zero-order valence-corrected chi connectivity index (χ0v) is 24.6. The number of non-ortho nitro benzene ring substituents is 1. The van der Waals surface area contributed by atoms with E-state index in [-0.39, 0.29) is 17.3 Å². The van der Waals surface area contributed by atoms with Crippen molar-refractivity contribution in [2.24, 2.45) is 0 Å². The summed E-state index contributed by atoms with van der Waals surface area (Å²) in [5.74, 6) is -1.26. The number of amides is 3. The van der Waals surface area contributed by atoms with Crippen molar-refractivity contribution in [3.05, 3.63) is 135 Å². The highest BCUT2D eigenvalue weighted by molar-refractivity contribution is 9.10. The third kappa shape index (κ3) is 8.63. The van der Waals surface area contributed by atoms with E-state index >= 15 is 0 Å². The maximum Gasteiger partial charge on any atom is 0.272 e. The summed E-state index contributed by atoms with van der Waals surface area (Å²) in [5, 5.41) is 18.9. The Balaban J connectivity index is 1.49. The maximum absolute atomic E-state index is 13.4. The molecule has 3 N–H and O–H groups in total. The average Bonchev–Trinajstić information content (AvgIpc) is 2.98. The SMILES string of the molecule is CC(Sc1cccc(NC(=O)/C(=C\c2ccc([N+](=O)[O-])cc2)NC(=O)c2ccccc2)c1)C(=O)Nc1ccc(Br)cc1. The van der Waals surface area contributed by atoms with Crippen molar-refractivity contribution in [1.82, 2.24) is 5.32 Å². The summed E-state index contributed by atoms with van der Waals surface area (Å²) in [5.41, 5.74) is 1.82. The van der Waals surface area contributed by atoms with Crippen LogP contribution in [0.3, 0.4) is 0 Å². The molecule has 0 bridgehead atoms. The van der Waals surface area contributed by atoms with Crippen LogP contribution in [-0.4, -0.2) is 27.9 Å². The number of nitrogens with zero attached hydrogens (tertiary/aromatic N) is 1. The first-order valence-electron chi connectivity index (χ1n) is 12.6. The lowest BCUT2D eigenvalue weighted by atomic mass is 10.1. The van der Waals surface area contributed by atoms with Gasteiger partial charge >= 0.3 is 0 Å². The van der Waals surface area contributed by atoms with Gasteiger partial charge in [-0.15, -0.1) is 11.8 Å². The number of nitrogens with one attached hydrogen (secondary N) is 3. The van der Waals surface area contributed by atoms with E-state index in [9.17, 15) is 24.5 Å². The lowest BCUT2D eigenvalue weighted by Gasteiger charge is -2.14. The van der Waals surface area contributed by atoms with Crippen LogP contribution in [0, 0.1) is 10.1 Å². The zero-order valence-electron chi connectivity index (χ0n) is 22.2. The molecule has 0 fully saturated rings. The van der Waals surface area contributed by atoms with E-state index in [1.807, 2.05) is 18.2 Å². The number of hydrogen-bond acceptors (Lipinski definition) is 6. The molecule has 11 heteroatoms. The van der Waals surface area contributed by atoms with E-state index in [4.69, 9.17) is 0 Å². The Hall–Kier alpha value is -4.74. The number of hydrogen-bond donors (Lipinski definition) is 3. The first kappa shape index (κ1) is 30.2. The van der Waals surface area contributed by atoms with Crippen LogP contribution in [0.4, 0.5) is 17.1 Å². The Bertz CT molecular complexity index is 1630. The third-order valence-electron chi connectivity index (χ3n) is 5.83. The molecule has 42 heavy (non-hydrogen) atoms. The molecule has 0 radical (unpaired) electrons. The van der Waals surface area contributed by atoms with Crippen LogP contribution in [-0.2, 0) is 9.59 Å². The normalized spacial score (nSPS) is 11.7. The Labute approximate surface area is 254 Å².